The first kappa shape index (κ1) is 21.3. The number of hydrogen-bond acceptors (Lipinski definition) is 3. The van der Waals surface area contributed by atoms with E-state index in [0.717, 1.165) is 39.7 Å². The van der Waals surface area contributed by atoms with Gasteiger partial charge in [-0.15, -0.1) is 0 Å². The van der Waals surface area contributed by atoms with E-state index >= 15 is 0 Å². The Labute approximate surface area is 234 Å². The molecule has 190 valence electrons. The van der Waals surface area contributed by atoms with Crippen LogP contribution in [-0.2, 0) is 6.42 Å². The molecule has 5 aromatic heterocycles. The van der Waals surface area contributed by atoms with Gasteiger partial charge in [-0.1, -0.05) is 42.5 Å². The molecule has 0 fully saturated rings. The number of para-hydroxylation sites is 2. The molecular weight excluding hydrogens is 502 g/mol. The molecule has 0 bridgehead atoms. The predicted molar refractivity (Wildman–Crippen MR) is 166 cm³/mol. The van der Waals surface area contributed by atoms with Crippen molar-refractivity contribution < 1.29 is 0 Å². The fourth-order valence-electron chi connectivity index (χ4n) is 7.13. The van der Waals surface area contributed by atoms with Crippen molar-refractivity contribution in [1.82, 2.24) is 23.9 Å². The molecule has 0 unspecified atom stereocenters. The van der Waals surface area contributed by atoms with Gasteiger partial charge < -0.3 is 4.57 Å². The standard InChI is InChI=1S/C36H21N5/c1-2-8-23(9-3-1)40-30-13-5-4-10-25(30)33-31(40)15-14-21-18-22-19-28-27(20-26(22)32(21)33)24-11-6-16-37-34(24)41-35(28)39-29-12-7-17-38-36(29)41/h1-17,19-20H,18H2. The number of aromatic nitrogens is 5. The maximum Gasteiger partial charge on any atom is 0.166 e. The van der Waals surface area contributed by atoms with Crippen LogP contribution in [0.4, 0.5) is 0 Å². The van der Waals surface area contributed by atoms with Crippen LogP contribution in [-0.4, -0.2) is 23.9 Å². The third-order valence-electron chi connectivity index (χ3n) is 8.78. The summed E-state index contributed by atoms with van der Waals surface area (Å²) in [6.45, 7) is 0. The molecular formula is C36H21N5. The molecule has 0 N–H and O–H groups in total. The van der Waals surface area contributed by atoms with E-state index in [4.69, 9.17) is 9.97 Å². The van der Waals surface area contributed by atoms with Crippen LogP contribution in [0, 0.1) is 0 Å². The maximum absolute atomic E-state index is 5.05. The second-order valence-corrected chi connectivity index (χ2v) is 10.9. The third-order valence-corrected chi connectivity index (χ3v) is 8.78. The van der Waals surface area contributed by atoms with Gasteiger partial charge in [0.25, 0.3) is 0 Å². The van der Waals surface area contributed by atoms with Crippen molar-refractivity contribution in [3.8, 4) is 16.8 Å². The molecule has 0 amide bonds. The summed E-state index contributed by atoms with van der Waals surface area (Å²) in [6.07, 6.45) is 4.58. The summed E-state index contributed by atoms with van der Waals surface area (Å²) in [4.78, 5) is 14.6. The van der Waals surface area contributed by atoms with Crippen LogP contribution in [0.1, 0.15) is 11.1 Å². The number of fused-ring (bicyclic) bond motifs is 15. The Morgan fingerprint density at radius 3 is 2.29 bits per heavy atom. The molecule has 5 nitrogen and oxygen atoms in total. The summed E-state index contributed by atoms with van der Waals surface area (Å²) < 4.78 is 4.52. The van der Waals surface area contributed by atoms with Gasteiger partial charge in [-0.2, -0.15) is 0 Å². The zero-order valence-corrected chi connectivity index (χ0v) is 21.9. The highest BCUT2D eigenvalue weighted by atomic mass is 15.1. The molecule has 0 radical (unpaired) electrons. The number of nitrogens with zero attached hydrogens (tertiary/aromatic N) is 5. The molecule has 1 aliphatic carbocycles. The van der Waals surface area contributed by atoms with Crippen molar-refractivity contribution in [2.45, 2.75) is 6.42 Å². The largest absolute Gasteiger partial charge is 0.309 e. The monoisotopic (exact) mass is 523 g/mol. The molecule has 9 aromatic rings. The minimum Gasteiger partial charge on any atom is -0.309 e. The maximum atomic E-state index is 5.05. The molecule has 1 aliphatic rings. The van der Waals surface area contributed by atoms with Crippen LogP contribution >= 0.6 is 0 Å². The van der Waals surface area contributed by atoms with E-state index < -0.39 is 0 Å². The van der Waals surface area contributed by atoms with Crippen molar-refractivity contribution in [1.29, 1.82) is 0 Å². The molecule has 41 heavy (non-hydrogen) atoms. The van der Waals surface area contributed by atoms with Gasteiger partial charge in [0.15, 0.2) is 5.65 Å². The Balaban J connectivity index is 1.36. The van der Waals surface area contributed by atoms with E-state index in [2.05, 4.69) is 98.9 Å². The van der Waals surface area contributed by atoms with E-state index in [-0.39, 0.29) is 0 Å². The first-order chi connectivity index (χ1) is 20.3. The van der Waals surface area contributed by atoms with Crippen LogP contribution in [0.3, 0.4) is 0 Å². The number of benzene rings is 4. The van der Waals surface area contributed by atoms with Crippen LogP contribution in [0.25, 0.3) is 77.2 Å². The molecule has 4 aromatic carbocycles. The molecule has 0 spiro atoms. The summed E-state index contributed by atoms with van der Waals surface area (Å²) in [7, 11) is 0. The minimum atomic E-state index is 0.840. The second kappa shape index (κ2) is 7.55. The van der Waals surface area contributed by atoms with E-state index in [1.807, 2.05) is 30.6 Å². The summed E-state index contributed by atoms with van der Waals surface area (Å²) in [5.74, 6) is 0. The van der Waals surface area contributed by atoms with Crippen LogP contribution in [0.5, 0.6) is 0 Å². The summed E-state index contributed by atoms with van der Waals surface area (Å²) >= 11 is 0. The highest BCUT2D eigenvalue weighted by molar-refractivity contribution is 6.20. The van der Waals surface area contributed by atoms with Crippen molar-refractivity contribution in [2.24, 2.45) is 0 Å². The lowest BCUT2D eigenvalue weighted by molar-refractivity contribution is 1.18. The predicted octanol–water partition coefficient (Wildman–Crippen LogP) is 8.25. The average Bonchev–Trinajstić information content (AvgIpc) is 3.70. The Morgan fingerprint density at radius 2 is 1.37 bits per heavy atom. The Hall–Kier alpha value is -5.55. The smallest absolute Gasteiger partial charge is 0.166 e. The summed E-state index contributed by atoms with van der Waals surface area (Å²) in [6, 6.07) is 37.0. The fraction of sp³-hybridized carbons (Fsp3) is 0.0278. The summed E-state index contributed by atoms with van der Waals surface area (Å²) in [5, 5.41) is 6.02. The average molecular weight is 524 g/mol. The van der Waals surface area contributed by atoms with E-state index in [9.17, 15) is 0 Å². The summed E-state index contributed by atoms with van der Waals surface area (Å²) in [5.41, 5.74) is 12.5. The third kappa shape index (κ3) is 2.68. The first-order valence-electron chi connectivity index (χ1n) is 13.9. The number of rotatable bonds is 1. The topological polar surface area (TPSA) is 48.0 Å². The van der Waals surface area contributed by atoms with E-state index in [0.29, 0.717) is 0 Å². The van der Waals surface area contributed by atoms with Crippen LogP contribution in [0.15, 0.2) is 116 Å². The minimum absolute atomic E-state index is 0.840. The molecule has 0 atom stereocenters. The molecule has 5 heterocycles. The van der Waals surface area contributed by atoms with Gasteiger partial charge in [-0.25, -0.2) is 15.0 Å². The highest BCUT2D eigenvalue weighted by Crippen LogP contribution is 2.47. The Bertz CT molecular complexity index is 2550. The Morgan fingerprint density at radius 1 is 0.561 bits per heavy atom. The van der Waals surface area contributed by atoms with Gasteiger partial charge in [0, 0.05) is 39.6 Å². The fourth-order valence-corrected chi connectivity index (χ4v) is 7.13. The highest BCUT2D eigenvalue weighted by Gasteiger charge is 2.27. The van der Waals surface area contributed by atoms with Gasteiger partial charge >= 0.3 is 0 Å². The van der Waals surface area contributed by atoms with Gasteiger partial charge in [0.2, 0.25) is 0 Å². The Kier molecular flexibility index (Phi) is 3.92. The van der Waals surface area contributed by atoms with Gasteiger partial charge in [-0.3, -0.25) is 4.40 Å². The normalized spacial score (nSPS) is 12.8. The van der Waals surface area contributed by atoms with Gasteiger partial charge in [0.1, 0.15) is 16.8 Å². The number of hydrogen-bond donors (Lipinski definition) is 0. The second-order valence-electron chi connectivity index (χ2n) is 10.9. The van der Waals surface area contributed by atoms with Crippen molar-refractivity contribution >= 4 is 60.4 Å². The van der Waals surface area contributed by atoms with Crippen LogP contribution in [0.2, 0.25) is 0 Å². The van der Waals surface area contributed by atoms with Gasteiger partial charge in [0.05, 0.1) is 11.0 Å². The molecule has 0 aliphatic heterocycles. The van der Waals surface area contributed by atoms with Crippen molar-refractivity contribution in [3.05, 3.63) is 127 Å². The lowest BCUT2D eigenvalue weighted by Crippen LogP contribution is -1.95. The van der Waals surface area contributed by atoms with Crippen molar-refractivity contribution in [3.63, 3.8) is 0 Å². The molecule has 0 saturated carbocycles. The quantitative estimate of drug-likeness (QED) is 0.204. The zero-order chi connectivity index (χ0) is 26.7. The number of pyridine rings is 3. The lowest BCUT2D eigenvalue weighted by atomic mass is 9.96. The van der Waals surface area contributed by atoms with E-state index in [1.54, 1.807) is 0 Å². The first-order valence-corrected chi connectivity index (χ1v) is 13.9. The van der Waals surface area contributed by atoms with Gasteiger partial charge in [-0.05, 0) is 94.7 Å². The SMILES string of the molecule is c1ccc(-n2c3ccccc3c3c4c(ccc32)Cc2cc3c(cc2-4)c2cccnc2n2c4ncccc4nc32)cc1. The number of imidazole rings is 1. The molecule has 0 saturated heterocycles. The van der Waals surface area contributed by atoms with E-state index in [1.165, 1.54) is 55.1 Å². The van der Waals surface area contributed by atoms with Crippen LogP contribution < -0.4 is 0 Å². The molecule has 10 rings (SSSR count). The zero-order valence-electron chi connectivity index (χ0n) is 21.9. The molecule has 5 heteroatoms. The lowest BCUT2D eigenvalue weighted by Gasteiger charge is -2.11. The van der Waals surface area contributed by atoms with Crippen molar-refractivity contribution in [2.75, 3.05) is 0 Å².